The third-order valence-electron chi connectivity index (χ3n) is 5.59. The smallest absolute Gasteiger partial charge is 0.253 e. The summed E-state index contributed by atoms with van der Waals surface area (Å²) in [6, 6.07) is 17.5. The lowest BCUT2D eigenvalue weighted by Crippen LogP contribution is -2.49. The summed E-state index contributed by atoms with van der Waals surface area (Å²) in [6.07, 6.45) is 1.93. The topological polar surface area (TPSA) is 78.4 Å². The molecule has 0 aliphatic carbocycles. The monoisotopic (exact) mass is 399 g/mol. The molecule has 3 heterocycles. The molecule has 2 aromatic carbocycles. The van der Waals surface area contributed by atoms with Crippen LogP contribution < -0.4 is 10.2 Å². The third-order valence-corrected chi connectivity index (χ3v) is 5.59. The minimum atomic E-state index is -0.0251. The molecule has 150 valence electrons. The van der Waals surface area contributed by atoms with Crippen molar-refractivity contribution >= 4 is 23.3 Å². The van der Waals surface area contributed by atoms with Crippen LogP contribution in [0.3, 0.4) is 0 Å². The maximum atomic E-state index is 12.9. The first-order valence-electron chi connectivity index (χ1n) is 10.0. The number of nitrogens with one attached hydrogen (secondary N) is 1. The largest absolute Gasteiger partial charge is 0.353 e. The summed E-state index contributed by atoms with van der Waals surface area (Å²) >= 11 is 0. The molecular weight excluding hydrogens is 378 g/mol. The molecule has 0 radical (unpaired) electrons. The van der Waals surface area contributed by atoms with Gasteiger partial charge in [0, 0.05) is 49.1 Å². The van der Waals surface area contributed by atoms with Crippen LogP contribution in [0.5, 0.6) is 0 Å². The highest BCUT2D eigenvalue weighted by Crippen LogP contribution is 2.25. The Hall–Kier alpha value is -3.74. The van der Waals surface area contributed by atoms with Crippen molar-refractivity contribution in [2.75, 3.05) is 36.4 Å². The number of benzene rings is 2. The van der Waals surface area contributed by atoms with Gasteiger partial charge >= 0.3 is 0 Å². The first kappa shape index (κ1) is 18.3. The van der Waals surface area contributed by atoms with E-state index >= 15 is 0 Å². The number of hydrogen-bond donors (Lipinski definition) is 1. The highest BCUT2D eigenvalue weighted by Gasteiger charge is 2.25. The quantitative estimate of drug-likeness (QED) is 0.733. The van der Waals surface area contributed by atoms with Crippen LogP contribution >= 0.6 is 0 Å². The molecule has 0 spiro atoms. The fourth-order valence-corrected chi connectivity index (χ4v) is 3.97. The molecule has 0 saturated carbocycles. The molecule has 1 fully saturated rings. The van der Waals surface area contributed by atoms with E-state index in [9.17, 15) is 9.59 Å². The fraction of sp³-hybridized carbons (Fsp3) is 0.217. The molecule has 0 atom stereocenters. The van der Waals surface area contributed by atoms with Gasteiger partial charge < -0.3 is 15.1 Å². The van der Waals surface area contributed by atoms with E-state index in [0.29, 0.717) is 38.2 Å². The Bertz CT molecular complexity index is 1110. The predicted octanol–water partition coefficient (Wildman–Crippen LogP) is 2.60. The van der Waals surface area contributed by atoms with Crippen LogP contribution in [0.2, 0.25) is 0 Å². The van der Waals surface area contributed by atoms with E-state index in [1.807, 2.05) is 53.4 Å². The molecule has 1 N–H and O–H groups in total. The number of nitrogens with zero attached hydrogens (tertiary/aromatic N) is 4. The molecule has 2 aliphatic rings. The van der Waals surface area contributed by atoms with Crippen molar-refractivity contribution in [1.29, 1.82) is 0 Å². The third kappa shape index (κ3) is 3.50. The van der Waals surface area contributed by atoms with Crippen molar-refractivity contribution in [3.05, 3.63) is 72.1 Å². The standard InChI is InChI=1S/C23H21N5O2/c29-22-13-18-12-17(6-7-19(18)26-22)23(30)28-10-8-27(9-11-28)21-14-20(24-15-25-21)16-4-2-1-3-5-16/h1-7,12,14-15H,8-11,13H2,(H,26,29). The van der Waals surface area contributed by atoms with E-state index in [2.05, 4.69) is 20.2 Å². The first-order valence-corrected chi connectivity index (χ1v) is 10.0. The maximum absolute atomic E-state index is 12.9. The van der Waals surface area contributed by atoms with Gasteiger partial charge in [0.2, 0.25) is 5.91 Å². The molecular formula is C23H21N5O2. The second-order valence-electron chi connectivity index (χ2n) is 7.50. The van der Waals surface area contributed by atoms with Crippen LogP contribution in [0.25, 0.3) is 11.3 Å². The Kier molecular flexibility index (Phi) is 4.63. The van der Waals surface area contributed by atoms with Gasteiger partial charge in [-0.3, -0.25) is 9.59 Å². The zero-order valence-corrected chi connectivity index (χ0v) is 16.4. The Morgan fingerprint density at radius 1 is 0.933 bits per heavy atom. The molecule has 0 bridgehead atoms. The van der Waals surface area contributed by atoms with Crippen molar-refractivity contribution in [2.24, 2.45) is 0 Å². The number of carbonyl (C=O) groups excluding carboxylic acids is 2. The van der Waals surface area contributed by atoms with Gasteiger partial charge in [0.25, 0.3) is 5.91 Å². The summed E-state index contributed by atoms with van der Waals surface area (Å²) in [5.74, 6) is 0.852. The molecule has 0 unspecified atom stereocenters. The first-order chi connectivity index (χ1) is 14.7. The molecule has 1 aromatic heterocycles. The number of amides is 2. The summed E-state index contributed by atoms with van der Waals surface area (Å²) < 4.78 is 0. The van der Waals surface area contributed by atoms with Crippen LogP contribution in [0, 0.1) is 0 Å². The summed E-state index contributed by atoms with van der Waals surface area (Å²) in [5.41, 5.74) is 4.27. The van der Waals surface area contributed by atoms with E-state index in [-0.39, 0.29) is 11.8 Å². The second kappa shape index (κ2) is 7.59. The van der Waals surface area contributed by atoms with Gasteiger partial charge in [-0.2, -0.15) is 0 Å². The summed E-state index contributed by atoms with van der Waals surface area (Å²) in [6.45, 7) is 2.67. The number of anilines is 2. The highest BCUT2D eigenvalue weighted by atomic mass is 16.2. The minimum Gasteiger partial charge on any atom is -0.353 e. The normalized spacial score (nSPS) is 15.7. The Morgan fingerprint density at radius 3 is 2.53 bits per heavy atom. The number of piperazine rings is 1. The van der Waals surface area contributed by atoms with Gasteiger partial charge in [0.1, 0.15) is 12.1 Å². The average Bonchev–Trinajstić information content (AvgIpc) is 3.18. The van der Waals surface area contributed by atoms with Crippen LogP contribution in [0.1, 0.15) is 15.9 Å². The van der Waals surface area contributed by atoms with Crippen molar-refractivity contribution < 1.29 is 9.59 Å². The van der Waals surface area contributed by atoms with E-state index in [4.69, 9.17) is 0 Å². The summed E-state index contributed by atoms with van der Waals surface area (Å²) in [7, 11) is 0. The molecule has 5 rings (SSSR count). The van der Waals surface area contributed by atoms with Crippen molar-refractivity contribution in [3.8, 4) is 11.3 Å². The van der Waals surface area contributed by atoms with Gasteiger partial charge in [-0.15, -0.1) is 0 Å². The minimum absolute atomic E-state index is 0.00413. The fourth-order valence-electron chi connectivity index (χ4n) is 3.97. The summed E-state index contributed by atoms with van der Waals surface area (Å²) in [4.78, 5) is 37.4. The predicted molar refractivity (Wildman–Crippen MR) is 114 cm³/mol. The van der Waals surface area contributed by atoms with Gasteiger partial charge in [-0.05, 0) is 23.8 Å². The highest BCUT2D eigenvalue weighted by molar-refractivity contribution is 6.01. The maximum Gasteiger partial charge on any atom is 0.253 e. The van der Waals surface area contributed by atoms with Crippen molar-refractivity contribution in [3.63, 3.8) is 0 Å². The van der Waals surface area contributed by atoms with Gasteiger partial charge in [0.05, 0.1) is 12.1 Å². The van der Waals surface area contributed by atoms with E-state index in [1.165, 1.54) is 0 Å². The van der Waals surface area contributed by atoms with Crippen molar-refractivity contribution in [1.82, 2.24) is 14.9 Å². The van der Waals surface area contributed by atoms with Crippen LogP contribution in [0.15, 0.2) is 60.9 Å². The lowest BCUT2D eigenvalue weighted by Gasteiger charge is -2.35. The van der Waals surface area contributed by atoms with Gasteiger partial charge in [-0.25, -0.2) is 9.97 Å². The molecule has 2 aliphatic heterocycles. The van der Waals surface area contributed by atoms with E-state index in [0.717, 1.165) is 28.3 Å². The number of fused-ring (bicyclic) bond motifs is 1. The Balaban J connectivity index is 1.26. The number of hydrogen-bond acceptors (Lipinski definition) is 5. The van der Waals surface area contributed by atoms with Gasteiger partial charge in [0.15, 0.2) is 0 Å². The second-order valence-corrected chi connectivity index (χ2v) is 7.50. The molecule has 3 aromatic rings. The Morgan fingerprint density at radius 2 is 1.73 bits per heavy atom. The zero-order valence-electron chi connectivity index (χ0n) is 16.4. The van der Waals surface area contributed by atoms with E-state index < -0.39 is 0 Å². The van der Waals surface area contributed by atoms with Crippen LogP contribution in [-0.2, 0) is 11.2 Å². The zero-order chi connectivity index (χ0) is 20.5. The molecule has 7 heteroatoms. The van der Waals surface area contributed by atoms with Crippen molar-refractivity contribution in [2.45, 2.75) is 6.42 Å². The molecule has 1 saturated heterocycles. The molecule has 30 heavy (non-hydrogen) atoms. The van der Waals surface area contributed by atoms with Crippen LogP contribution in [-0.4, -0.2) is 52.9 Å². The summed E-state index contributed by atoms with van der Waals surface area (Å²) in [5, 5.41) is 2.80. The SMILES string of the molecule is O=C1Cc2cc(C(=O)N3CCN(c4cc(-c5ccccc5)ncn4)CC3)ccc2N1. The molecule has 2 amide bonds. The van der Waals surface area contributed by atoms with Crippen LogP contribution in [0.4, 0.5) is 11.5 Å². The van der Waals surface area contributed by atoms with Gasteiger partial charge in [-0.1, -0.05) is 30.3 Å². The average molecular weight is 399 g/mol. The number of carbonyl (C=O) groups is 2. The Labute approximate surface area is 174 Å². The number of aromatic nitrogens is 2. The number of rotatable bonds is 3. The lowest BCUT2D eigenvalue weighted by molar-refractivity contribution is -0.115. The molecule has 7 nitrogen and oxygen atoms in total. The lowest BCUT2D eigenvalue weighted by atomic mass is 10.1. The van der Waals surface area contributed by atoms with E-state index in [1.54, 1.807) is 12.4 Å².